The first-order valence-electron chi connectivity index (χ1n) is 11.1. The molecule has 0 saturated carbocycles. The quantitative estimate of drug-likeness (QED) is 0.313. The van der Waals surface area contributed by atoms with Crippen LogP contribution >= 0.6 is 11.8 Å². The van der Waals surface area contributed by atoms with E-state index < -0.39 is 0 Å². The lowest BCUT2D eigenvalue weighted by Gasteiger charge is -2.06. The van der Waals surface area contributed by atoms with Crippen LogP contribution in [0.3, 0.4) is 0 Å². The molecule has 0 aliphatic rings. The second-order valence-corrected chi connectivity index (χ2v) is 8.71. The lowest BCUT2D eigenvalue weighted by atomic mass is 10.2. The van der Waals surface area contributed by atoms with Gasteiger partial charge in [-0.1, -0.05) is 73.6 Å². The van der Waals surface area contributed by atoms with Gasteiger partial charge in [-0.2, -0.15) is 5.10 Å². The van der Waals surface area contributed by atoms with Gasteiger partial charge >= 0.3 is 0 Å². The number of hydrogen-bond acceptors (Lipinski definition) is 6. The van der Waals surface area contributed by atoms with E-state index in [1.54, 1.807) is 35.0 Å². The van der Waals surface area contributed by atoms with Crippen LogP contribution in [0.2, 0.25) is 0 Å². The molecule has 3 heterocycles. The third-order valence-corrected chi connectivity index (χ3v) is 5.76. The van der Waals surface area contributed by atoms with Crippen molar-refractivity contribution in [2.45, 2.75) is 36.6 Å². The van der Waals surface area contributed by atoms with Gasteiger partial charge in [0.15, 0.2) is 5.82 Å². The number of benzene rings is 2. The number of aromatic nitrogens is 5. The van der Waals surface area contributed by atoms with Crippen molar-refractivity contribution in [3.05, 3.63) is 101 Å². The minimum atomic E-state index is -0.329. The van der Waals surface area contributed by atoms with Crippen molar-refractivity contribution in [3.8, 4) is 22.9 Å². The highest BCUT2D eigenvalue weighted by Crippen LogP contribution is 2.27. The summed E-state index contributed by atoms with van der Waals surface area (Å²) >= 11 is 1.33. The number of nitrogens with one attached hydrogen (secondary N) is 1. The Bertz CT molecular complexity index is 1430. The molecule has 0 unspecified atom stereocenters. The van der Waals surface area contributed by atoms with Crippen LogP contribution in [0, 0.1) is 5.82 Å². The predicted octanol–water partition coefficient (Wildman–Crippen LogP) is 6.04. The van der Waals surface area contributed by atoms with Gasteiger partial charge in [0.05, 0.1) is 17.1 Å². The Kier molecular flexibility index (Phi) is 7.89. The smallest absolute Gasteiger partial charge is 0.265 e. The van der Waals surface area contributed by atoms with E-state index in [1.165, 1.54) is 36.7 Å². The summed E-state index contributed by atoms with van der Waals surface area (Å²) < 4.78 is 20.8. The van der Waals surface area contributed by atoms with E-state index >= 15 is 0 Å². The molecule has 0 bridgehead atoms. The zero-order valence-corrected chi connectivity index (χ0v) is 20.1. The Balaban J connectivity index is 0.000000917. The summed E-state index contributed by atoms with van der Waals surface area (Å²) in [6, 6.07) is 19.5. The lowest BCUT2D eigenvalue weighted by Crippen LogP contribution is -2.11. The van der Waals surface area contributed by atoms with Crippen molar-refractivity contribution in [2.24, 2.45) is 0 Å². The molecule has 178 valence electrons. The SMILES string of the molecule is CCC.O=c1[nH]c(-c2cc(-c3ccon3)n(Cc3ccccc3F)n2)ncc1Sc1ccccc1. The largest absolute Gasteiger partial charge is 0.364 e. The van der Waals surface area contributed by atoms with E-state index in [0.717, 1.165) is 4.90 Å². The first kappa shape index (κ1) is 24.2. The molecular formula is C26H24FN5O2S. The molecule has 35 heavy (non-hydrogen) atoms. The molecule has 2 aromatic carbocycles. The molecular weight excluding hydrogens is 465 g/mol. The first-order chi connectivity index (χ1) is 17.1. The maximum Gasteiger partial charge on any atom is 0.265 e. The number of rotatable bonds is 6. The molecule has 7 nitrogen and oxygen atoms in total. The summed E-state index contributed by atoms with van der Waals surface area (Å²) in [6.07, 6.45) is 4.22. The number of hydrogen-bond donors (Lipinski definition) is 1. The Morgan fingerprint density at radius 1 is 1.03 bits per heavy atom. The Hall–Kier alpha value is -3.98. The molecule has 3 aromatic heterocycles. The van der Waals surface area contributed by atoms with Crippen LogP contribution in [0.25, 0.3) is 22.9 Å². The van der Waals surface area contributed by atoms with Gasteiger partial charge in [-0.15, -0.1) is 0 Å². The Labute approximate surface area is 206 Å². The summed E-state index contributed by atoms with van der Waals surface area (Å²) in [5.74, 6) is -0.0195. The minimum Gasteiger partial charge on any atom is -0.364 e. The molecule has 9 heteroatoms. The van der Waals surface area contributed by atoms with Crippen LogP contribution in [0.4, 0.5) is 4.39 Å². The number of H-pyrrole nitrogens is 1. The van der Waals surface area contributed by atoms with E-state index in [-0.39, 0.29) is 17.9 Å². The number of aromatic amines is 1. The van der Waals surface area contributed by atoms with Crippen molar-refractivity contribution in [2.75, 3.05) is 0 Å². The summed E-state index contributed by atoms with van der Waals surface area (Å²) in [5, 5.41) is 8.53. The van der Waals surface area contributed by atoms with Gasteiger partial charge in [-0.05, 0) is 24.3 Å². The molecule has 0 spiro atoms. The highest BCUT2D eigenvalue weighted by Gasteiger charge is 2.17. The van der Waals surface area contributed by atoms with Crippen LogP contribution < -0.4 is 5.56 Å². The summed E-state index contributed by atoms with van der Waals surface area (Å²) in [6.45, 7) is 4.43. The Morgan fingerprint density at radius 3 is 2.46 bits per heavy atom. The number of nitrogens with zero attached hydrogens (tertiary/aromatic N) is 4. The maximum absolute atomic E-state index is 14.2. The van der Waals surface area contributed by atoms with Gasteiger partial charge in [0.1, 0.15) is 23.5 Å². The molecule has 0 fully saturated rings. The van der Waals surface area contributed by atoms with Gasteiger partial charge < -0.3 is 9.51 Å². The second kappa shape index (κ2) is 11.4. The summed E-state index contributed by atoms with van der Waals surface area (Å²) in [5.41, 5.74) is 1.80. The van der Waals surface area contributed by atoms with Crippen LogP contribution in [0.1, 0.15) is 25.8 Å². The summed E-state index contributed by atoms with van der Waals surface area (Å²) in [4.78, 5) is 21.2. The normalized spacial score (nSPS) is 10.6. The molecule has 0 aliphatic heterocycles. The van der Waals surface area contributed by atoms with Crippen molar-refractivity contribution in [3.63, 3.8) is 0 Å². The fourth-order valence-corrected chi connectivity index (χ4v) is 3.99. The van der Waals surface area contributed by atoms with Crippen LogP contribution in [-0.2, 0) is 6.54 Å². The van der Waals surface area contributed by atoms with Gasteiger partial charge in [-0.25, -0.2) is 9.37 Å². The van der Waals surface area contributed by atoms with Gasteiger partial charge in [-0.3, -0.25) is 9.48 Å². The van der Waals surface area contributed by atoms with Crippen LogP contribution in [-0.4, -0.2) is 24.9 Å². The molecule has 0 saturated heterocycles. The molecule has 0 atom stereocenters. The zero-order chi connectivity index (χ0) is 24.6. The lowest BCUT2D eigenvalue weighted by molar-refractivity contribution is 0.421. The third kappa shape index (κ3) is 5.93. The van der Waals surface area contributed by atoms with Gasteiger partial charge in [0.25, 0.3) is 5.56 Å². The molecule has 5 rings (SSSR count). The number of halogens is 1. The van der Waals surface area contributed by atoms with Crippen molar-refractivity contribution < 1.29 is 8.91 Å². The standard InChI is InChI=1S/C23H16FN5O2S.C3H8/c24-17-9-5-4-6-15(17)14-29-20(18-10-11-31-28-18)12-19(27-29)22-25-13-21(23(30)26-22)32-16-7-2-1-3-8-16;1-3-2/h1-13H,14H2,(H,25,26,30);3H2,1-2H3. The van der Waals surface area contributed by atoms with Crippen molar-refractivity contribution in [1.82, 2.24) is 24.9 Å². The highest BCUT2D eigenvalue weighted by atomic mass is 32.2. The van der Waals surface area contributed by atoms with Crippen LogP contribution in [0.5, 0.6) is 0 Å². The van der Waals surface area contributed by atoms with Gasteiger partial charge in [0.2, 0.25) is 0 Å². The molecule has 0 amide bonds. The third-order valence-electron chi connectivity index (χ3n) is 4.74. The monoisotopic (exact) mass is 489 g/mol. The van der Waals surface area contributed by atoms with E-state index in [0.29, 0.717) is 33.4 Å². The van der Waals surface area contributed by atoms with E-state index in [2.05, 4.69) is 34.1 Å². The predicted molar refractivity (Wildman–Crippen MR) is 134 cm³/mol. The van der Waals surface area contributed by atoms with Crippen molar-refractivity contribution >= 4 is 11.8 Å². The summed E-state index contributed by atoms with van der Waals surface area (Å²) in [7, 11) is 0. The van der Waals surface area contributed by atoms with Crippen LogP contribution in [0.15, 0.2) is 98.3 Å². The molecule has 1 N–H and O–H groups in total. The first-order valence-corrected chi connectivity index (χ1v) is 11.9. The fourth-order valence-electron chi connectivity index (χ4n) is 3.19. The van der Waals surface area contributed by atoms with E-state index in [4.69, 9.17) is 4.52 Å². The second-order valence-electron chi connectivity index (χ2n) is 7.60. The van der Waals surface area contributed by atoms with E-state index in [1.807, 2.05) is 30.3 Å². The Morgan fingerprint density at radius 2 is 1.77 bits per heavy atom. The topological polar surface area (TPSA) is 89.6 Å². The highest BCUT2D eigenvalue weighted by molar-refractivity contribution is 7.99. The van der Waals surface area contributed by atoms with Crippen molar-refractivity contribution in [1.29, 1.82) is 0 Å². The maximum atomic E-state index is 14.2. The minimum absolute atomic E-state index is 0.182. The van der Waals surface area contributed by atoms with Gasteiger partial charge in [0, 0.05) is 22.7 Å². The zero-order valence-electron chi connectivity index (χ0n) is 19.3. The average Bonchev–Trinajstić information content (AvgIpc) is 3.53. The average molecular weight is 490 g/mol. The van der Waals surface area contributed by atoms with E-state index in [9.17, 15) is 9.18 Å². The molecule has 5 aromatic rings. The fraction of sp³-hybridized carbons (Fsp3) is 0.154. The molecule has 0 aliphatic carbocycles. The molecule has 0 radical (unpaired) electrons.